The van der Waals surface area contributed by atoms with Gasteiger partial charge in [-0.1, -0.05) is 30.3 Å². The van der Waals surface area contributed by atoms with Gasteiger partial charge in [-0.25, -0.2) is 4.79 Å². The van der Waals surface area contributed by atoms with E-state index in [0.29, 0.717) is 16.7 Å². The van der Waals surface area contributed by atoms with Crippen LogP contribution >= 0.6 is 0 Å². The molecule has 24 heavy (non-hydrogen) atoms. The summed E-state index contributed by atoms with van der Waals surface area (Å²) in [5.41, 5.74) is 1.86. The number of hydrogen-bond donors (Lipinski definition) is 0. The van der Waals surface area contributed by atoms with E-state index in [1.54, 1.807) is 6.20 Å². The minimum atomic E-state index is -1.77. The predicted molar refractivity (Wildman–Crippen MR) is 88.9 cm³/mol. The molecule has 5 heteroatoms. The van der Waals surface area contributed by atoms with Crippen molar-refractivity contribution in [3.8, 4) is 0 Å². The van der Waals surface area contributed by atoms with Crippen LogP contribution in [-0.2, 0) is 11.8 Å². The van der Waals surface area contributed by atoms with Crippen molar-refractivity contribution in [1.29, 1.82) is 0 Å². The zero-order chi connectivity index (χ0) is 17.3. The SMILES string of the molecule is COC(=O)c1ccc(C(=C(F)F)c2cn(C)c3ccccc23)cc1. The number of para-hydroxylation sites is 1. The van der Waals surface area contributed by atoms with Gasteiger partial charge in [0.1, 0.15) is 0 Å². The van der Waals surface area contributed by atoms with Crippen molar-refractivity contribution in [1.82, 2.24) is 4.57 Å². The van der Waals surface area contributed by atoms with Gasteiger partial charge in [-0.3, -0.25) is 0 Å². The molecule has 0 aliphatic heterocycles. The molecular formula is C19H15F2NO2. The van der Waals surface area contributed by atoms with Crippen LogP contribution in [0.2, 0.25) is 0 Å². The van der Waals surface area contributed by atoms with Gasteiger partial charge in [-0.2, -0.15) is 8.78 Å². The van der Waals surface area contributed by atoms with Crippen molar-refractivity contribution in [2.45, 2.75) is 0 Å². The smallest absolute Gasteiger partial charge is 0.337 e. The Morgan fingerprint density at radius 3 is 2.25 bits per heavy atom. The molecule has 0 bridgehead atoms. The maximum Gasteiger partial charge on any atom is 0.337 e. The lowest BCUT2D eigenvalue weighted by molar-refractivity contribution is 0.0600. The third kappa shape index (κ3) is 2.69. The number of aromatic nitrogens is 1. The molecule has 0 unspecified atom stereocenters. The number of halogens is 2. The molecule has 1 aromatic heterocycles. The molecule has 0 amide bonds. The van der Waals surface area contributed by atoms with Crippen molar-refractivity contribution in [3.63, 3.8) is 0 Å². The summed E-state index contributed by atoms with van der Waals surface area (Å²) in [4.78, 5) is 11.5. The van der Waals surface area contributed by atoms with Gasteiger partial charge < -0.3 is 9.30 Å². The van der Waals surface area contributed by atoms with Crippen molar-refractivity contribution < 1.29 is 18.3 Å². The molecule has 0 radical (unpaired) electrons. The minimum Gasteiger partial charge on any atom is -0.465 e. The summed E-state index contributed by atoms with van der Waals surface area (Å²) in [5.74, 6) is -0.502. The molecule has 3 rings (SSSR count). The molecule has 0 fully saturated rings. The van der Waals surface area contributed by atoms with Crippen LogP contribution in [0, 0.1) is 0 Å². The zero-order valence-electron chi connectivity index (χ0n) is 13.2. The second-order valence-corrected chi connectivity index (χ2v) is 5.38. The lowest BCUT2D eigenvalue weighted by atomic mass is 9.97. The van der Waals surface area contributed by atoms with Crippen molar-refractivity contribution in [3.05, 3.63) is 77.5 Å². The number of esters is 1. The number of aryl methyl sites for hydroxylation is 1. The number of rotatable bonds is 3. The topological polar surface area (TPSA) is 31.2 Å². The standard InChI is InChI=1S/C19H15F2NO2/c1-22-11-15(14-5-3-4-6-16(14)22)17(18(20)21)12-7-9-13(10-8-12)19(23)24-2/h3-11H,1-2H3. The van der Waals surface area contributed by atoms with Gasteiger partial charge in [0.2, 0.25) is 0 Å². The molecule has 2 aromatic carbocycles. The molecule has 0 spiro atoms. The van der Waals surface area contributed by atoms with Crippen LogP contribution in [-0.4, -0.2) is 17.6 Å². The van der Waals surface area contributed by atoms with Crippen LogP contribution in [0.3, 0.4) is 0 Å². The van der Waals surface area contributed by atoms with Crippen molar-refractivity contribution in [2.24, 2.45) is 7.05 Å². The largest absolute Gasteiger partial charge is 0.465 e. The molecule has 122 valence electrons. The van der Waals surface area contributed by atoms with Gasteiger partial charge >= 0.3 is 5.97 Å². The number of carbonyl (C=O) groups is 1. The third-order valence-corrected chi connectivity index (χ3v) is 3.95. The first kappa shape index (κ1) is 15.9. The highest BCUT2D eigenvalue weighted by atomic mass is 19.3. The van der Waals surface area contributed by atoms with Gasteiger partial charge in [-0.05, 0) is 23.8 Å². The maximum absolute atomic E-state index is 13.7. The van der Waals surface area contributed by atoms with Gasteiger partial charge in [0, 0.05) is 29.7 Å². The summed E-state index contributed by atoms with van der Waals surface area (Å²) in [5, 5.41) is 0.750. The Labute approximate surface area is 137 Å². The quantitative estimate of drug-likeness (QED) is 0.657. The first-order chi connectivity index (χ1) is 11.5. The third-order valence-electron chi connectivity index (χ3n) is 3.95. The summed E-state index contributed by atoms with van der Waals surface area (Å²) < 4.78 is 33.9. The Balaban J connectivity index is 2.15. The Morgan fingerprint density at radius 1 is 1.00 bits per heavy atom. The number of benzene rings is 2. The lowest BCUT2D eigenvalue weighted by Crippen LogP contribution is -2.01. The van der Waals surface area contributed by atoms with Crippen molar-refractivity contribution in [2.75, 3.05) is 7.11 Å². The van der Waals surface area contributed by atoms with E-state index < -0.39 is 12.0 Å². The highest BCUT2D eigenvalue weighted by Crippen LogP contribution is 2.34. The number of fused-ring (bicyclic) bond motifs is 1. The summed E-state index contributed by atoms with van der Waals surface area (Å²) in [7, 11) is 3.10. The van der Waals surface area contributed by atoms with Crippen LogP contribution in [0.5, 0.6) is 0 Å². The molecule has 0 atom stereocenters. The average molecular weight is 327 g/mol. The van der Waals surface area contributed by atoms with Crippen LogP contribution in [0.15, 0.2) is 60.8 Å². The second-order valence-electron chi connectivity index (χ2n) is 5.38. The molecular weight excluding hydrogens is 312 g/mol. The molecule has 0 aliphatic carbocycles. The lowest BCUT2D eigenvalue weighted by Gasteiger charge is -2.07. The fourth-order valence-corrected chi connectivity index (χ4v) is 2.80. The first-order valence-electron chi connectivity index (χ1n) is 7.31. The number of hydrogen-bond acceptors (Lipinski definition) is 2. The maximum atomic E-state index is 13.7. The van der Waals surface area contributed by atoms with E-state index in [2.05, 4.69) is 4.74 Å². The van der Waals surface area contributed by atoms with E-state index >= 15 is 0 Å². The summed E-state index contributed by atoms with van der Waals surface area (Å²) in [6, 6.07) is 13.4. The van der Waals surface area contributed by atoms with Gasteiger partial charge in [0.15, 0.2) is 0 Å². The molecule has 0 N–H and O–H groups in total. The van der Waals surface area contributed by atoms with Crippen LogP contribution in [0.25, 0.3) is 16.5 Å². The van der Waals surface area contributed by atoms with E-state index in [9.17, 15) is 13.6 Å². The molecule has 3 aromatic rings. The van der Waals surface area contributed by atoms with Gasteiger partial charge in [0.25, 0.3) is 6.08 Å². The number of nitrogens with zero attached hydrogens (tertiary/aromatic N) is 1. The Morgan fingerprint density at radius 2 is 1.62 bits per heavy atom. The fourth-order valence-electron chi connectivity index (χ4n) is 2.80. The first-order valence-corrected chi connectivity index (χ1v) is 7.31. The number of carbonyl (C=O) groups excluding carboxylic acids is 1. The molecule has 3 nitrogen and oxygen atoms in total. The zero-order valence-corrected chi connectivity index (χ0v) is 13.2. The molecule has 0 saturated heterocycles. The van der Waals surface area contributed by atoms with Crippen LogP contribution in [0.4, 0.5) is 8.78 Å². The van der Waals surface area contributed by atoms with Crippen LogP contribution in [0.1, 0.15) is 21.5 Å². The monoisotopic (exact) mass is 327 g/mol. The highest BCUT2D eigenvalue weighted by molar-refractivity contribution is 5.98. The number of ether oxygens (including phenoxy) is 1. The normalized spacial score (nSPS) is 10.7. The average Bonchev–Trinajstić information content (AvgIpc) is 2.92. The number of methoxy groups -OCH3 is 1. The van der Waals surface area contributed by atoms with Gasteiger partial charge in [-0.15, -0.1) is 0 Å². The molecule has 0 aliphatic rings. The fraction of sp³-hybridized carbons (Fsp3) is 0.105. The Hall–Kier alpha value is -2.95. The van der Waals surface area contributed by atoms with E-state index in [-0.39, 0.29) is 5.57 Å². The highest BCUT2D eigenvalue weighted by Gasteiger charge is 2.18. The summed E-state index contributed by atoms with van der Waals surface area (Å²) in [6.45, 7) is 0. The Bertz CT molecular complexity index is 936. The van der Waals surface area contributed by atoms with E-state index in [1.807, 2.05) is 35.9 Å². The van der Waals surface area contributed by atoms with E-state index in [1.165, 1.54) is 31.4 Å². The van der Waals surface area contributed by atoms with Gasteiger partial charge in [0.05, 0.1) is 18.2 Å². The van der Waals surface area contributed by atoms with Crippen molar-refractivity contribution >= 4 is 22.4 Å². The Kier molecular flexibility index (Phi) is 4.16. The van der Waals surface area contributed by atoms with E-state index in [4.69, 9.17) is 0 Å². The van der Waals surface area contributed by atoms with E-state index in [0.717, 1.165) is 10.9 Å². The van der Waals surface area contributed by atoms with Crippen LogP contribution < -0.4 is 0 Å². The second kappa shape index (κ2) is 6.28. The minimum absolute atomic E-state index is 0.136. The molecule has 1 heterocycles. The summed E-state index contributed by atoms with van der Waals surface area (Å²) >= 11 is 0. The molecule has 0 saturated carbocycles. The summed E-state index contributed by atoms with van der Waals surface area (Å²) in [6.07, 6.45) is -0.0786. The predicted octanol–water partition coefficient (Wildman–Crippen LogP) is 4.62.